The number of halogens is 3. The number of ether oxygens (including phenoxy) is 2. The van der Waals surface area contributed by atoms with Crippen molar-refractivity contribution in [1.29, 1.82) is 0 Å². The molecule has 2 atom stereocenters. The van der Waals surface area contributed by atoms with Crippen LogP contribution in [0.25, 0.3) is 0 Å². The van der Waals surface area contributed by atoms with Crippen LogP contribution in [0, 0.1) is 0 Å². The number of hydrogen-bond donors (Lipinski definition) is 2. The third-order valence-corrected chi connectivity index (χ3v) is 3.82. The molecule has 0 saturated carbocycles. The van der Waals surface area contributed by atoms with Crippen LogP contribution in [0.3, 0.4) is 0 Å². The van der Waals surface area contributed by atoms with E-state index in [1.807, 2.05) is 0 Å². The molecule has 2 rings (SSSR count). The lowest BCUT2D eigenvalue weighted by Gasteiger charge is -2.16. The van der Waals surface area contributed by atoms with E-state index in [0.29, 0.717) is 13.0 Å². The minimum atomic E-state index is -4.51. The quantitative estimate of drug-likeness (QED) is 0.862. The summed E-state index contributed by atoms with van der Waals surface area (Å²) in [5, 5.41) is 5.52. The minimum absolute atomic E-state index is 0.00654. The Bertz CT molecular complexity index is 563. The molecule has 1 aliphatic rings. The molecule has 0 aromatic heterocycles. The Morgan fingerprint density at radius 2 is 2.13 bits per heavy atom. The van der Waals surface area contributed by atoms with Crippen molar-refractivity contribution in [2.45, 2.75) is 31.3 Å². The number of rotatable bonds is 5. The predicted octanol–water partition coefficient (Wildman–Crippen LogP) is 1.71. The van der Waals surface area contributed by atoms with E-state index >= 15 is 0 Å². The molecule has 1 amide bonds. The lowest BCUT2D eigenvalue weighted by molar-refractivity contribution is -0.138. The van der Waals surface area contributed by atoms with Gasteiger partial charge in [-0.25, -0.2) is 0 Å². The molecule has 23 heavy (non-hydrogen) atoms. The summed E-state index contributed by atoms with van der Waals surface area (Å²) >= 11 is 0. The van der Waals surface area contributed by atoms with Gasteiger partial charge in [-0.1, -0.05) is 6.07 Å². The molecule has 1 fully saturated rings. The van der Waals surface area contributed by atoms with E-state index in [0.717, 1.165) is 6.07 Å². The van der Waals surface area contributed by atoms with Crippen LogP contribution in [0.1, 0.15) is 17.5 Å². The fourth-order valence-electron chi connectivity index (χ4n) is 2.49. The summed E-state index contributed by atoms with van der Waals surface area (Å²) in [6.45, 7) is 0.346. The summed E-state index contributed by atoms with van der Waals surface area (Å²) in [4.78, 5) is 12.0. The Hall–Kier alpha value is -1.80. The van der Waals surface area contributed by atoms with E-state index in [2.05, 4.69) is 10.6 Å². The van der Waals surface area contributed by atoms with Crippen LogP contribution in [-0.2, 0) is 22.3 Å². The summed E-state index contributed by atoms with van der Waals surface area (Å²) in [7, 11) is 2.86. The van der Waals surface area contributed by atoms with Crippen molar-refractivity contribution < 1.29 is 27.4 Å². The standard InChI is InChI=1S/C15H19F3N2O3/c1-22-10-4-3-9(12(5-10)15(16,17)18)7-20-14(21)13-6-11(23-2)8-19-13/h3-5,11,13,19H,6-8H2,1-2H3,(H,20,21)/t11-,13-/m0/s1. The molecule has 8 heteroatoms. The van der Waals surface area contributed by atoms with Crippen LogP contribution in [0.15, 0.2) is 18.2 Å². The highest BCUT2D eigenvalue weighted by Crippen LogP contribution is 2.34. The Morgan fingerprint density at radius 3 is 2.70 bits per heavy atom. The van der Waals surface area contributed by atoms with Crippen molar-refractivity contribution in [3.8, 4) is 5.75 Å². The first-order valence-corrected chi connectivity index (χ1v) is 7.13. The number of carbonyl (C=O) groups is 1. The molecule has 0 spiro atoms. The highest BCUT2D eigenvalue weighted by atomic mass is 19.4. The van der Waals surface area contributed by atoms with Gasteiger partial charge in [0.15, 0.2) is 0 Å². The smallest absolute Gasteiger partial charge is 0.416 e. The molecule has 5 nitrogen and oxygen atoms in total. The first-order valence-electron chi connectivity index (χ1n) is 7.13. The fraction of sp³-hybridized carbons (Fsp3) is 0.533. The van der Waals surface area contributed by atoms with E-state index < -0.39 is 17.8 Å². The van der Waals surface area contributed by atoms with Crippen LogP contribution in [0.5, 0.6) is 5.75 Å². The van der Waals surface area contributed by atoms with Gasteiger partial charge in [-0.15, -0.1) is 0 Å². The van der Waals surface area contributed by atoms with Gasteiger partial charge in [-0.05, 0) is 24.1 Å². The molecule has 0 radical (unpaired) electrons. The van der Waals surface area contributed by atoms with E-state index in [1.54, 1.807) is 7.11 Å². The SMILES string of the molecule is COc1ccc(CNC(=O)[C@@H]2C[C@H](OC)CN2)c(C(F)(F)F)c1. The third kappa shape index (κ3) is 4.35. The molecule has 1 aliphatic heterocycles. The van der Waals surface area contributed by atoms with Crippen LogP contribution >= 0.6 is 0 Å². The monoisotopic (exact) mass is 332 g/mol. The maximum absolute atomic E-state index is 13.1. The summed E-state index contributed by atoms with van der Waals surface area (Å²) < 4.78 is 49.2. The lowest BCUT2D eigenvalue weighted by atomic mass is 10.1. The summed E-state index contributed by atoms with van der Waals surface area (Å²) in [5.41, 5.74) is -0.820. The van der Waals surface area contributed by atoms with Gasteiger partial charge in [0.25, 0.3) is 0 Å². The van der Waals surface area contributed by atoms with Crippen molar-refractivity contribution in [1.82, 2.24) is 10.6 Å². The second-order valence-corrected chi connectivity index (χ2v) is 5.29. The van der Waals surface area contributed by atoms with Gasteiger partial charge in [-0.2, -0.15) is 13.2 Å². The zero-order valence-electron chi connectivity index (χ0n) is 12.9. The van der Waals surface area contributed by atoms with E-state index in [9.17, 15) is 18.0 Å². The van der Waals surface area contributed by atoms with Crippen LogP contribution in [0.2, 0.25) is 0 Å². The highest BCUT2D eigenvalue weighted by molar-refractivity contribution is 5.82. The van der Waals surface area contributed by atoms with E-state index in [4.69, 9.17) is 9.47 Å². The topological polar surface area (TPSA) is 59.6 Å². The Morgan fingerprint density at radius 1 is 1.39 bits per heavy atom. The molecule has 1 heterocycles. The highest BCUT2D eigenvalue weighted by Gasteiger charge is 2.34. The first kappa shape index (κ1) is 17.6. The summed E-state index contributed by atoms with van der Waals surface area (Å²) in [6.07, 6.45) is -4.07. The van der Waals surface area contributed by atoms with Crippen molar-refractivity contribution >= 4 is 5.91 Å². The molecular formula is C15H19F3N2O3. The molecule has 1 aromatic carbocycles. The largest absolute Gasteiger partial charge is 0.497 e. The zero-order chi connectivity index (χ0) is 17.0. The molecule has 0 aliphatic carbocycles. The molecular weight excluding hydrogens is 313 g/mol. The third-order valence-electron chi connectivity index (χ3n) is 3.82. The van der Waals surface area contributed by atoms with Gasteiger partial charge in [0.05, 0.1) is 24.8 Å². The second-order valence-electron chi connectivity index (χ2n) is 5.29. The molecule has 1 saturated heterocycles. The van der Waals surface area contributed by atoms with Gasteiger partial charge < -0.3 is 20.1 Å². The normalized spacial score (nSPS) is 21.3. The lowest BCUT2D eigenvalue weighted by Crippen LogP contribution is -2.40. The number of carbonyl (C=O) groups excluding carboxylic acids is 1. The molecule has 0 unspecified atom stereocenters. The number of hydrogen-bond acceptors (Lipinski definition) is 4. The number of methoxy groups -OCH3 is 2. The fourth-order valence-corrected chi connectivity index (χ4v) is 2.49. The second kappa shape index (κ2) is 7.18. The maximum Gasteiger partial charge on any atom is 0.416 e. The molecule has 1 aromatic rings. The average molecular weight is 332 g/mol. The van der Waals surface area contributed by atoms with Gasteiger partial charge in [0, 0.05) is 20.2 Å². The van der Waals surface area contributed by atoms with Crippen molar-refractivity contribution in [3.05, 3.63) is 29.3 Å². The summed E-state index contributed by atoms with van der Waals surface area (Å²) in [6, 6.07) is 3.22. The number of benzene rings is 1. The molecule has 128 valence electrons. The van der Waals surface area contributed by atoms with Gasteiger partial charge in [0.2, 0.25) is 5.91 Å². The van der Waals surface area contributed by atoms with E-state index in [-0.39, 0.29) is 29.9 Å². The first-order chi connectivity index (χ1) is 10.8. The number of amides is 1. The van der Waals surface area contributed by atoms with Crippen LogP contribution in [0.4, 0.5) is 13.2 Å². The van der Waals surface area contributed by atoms with Crippen molar-refractivity contribution in [2.24, 2.45) is 0 Å². The number of nitrogens with one attached hydrogen (secondary N) is 2. The molecule has 2 N–H and O–H groups in total. The van der Waals surface area contributed by atoms with E-state index in [1.165, 1.54) is 19.2 Å². The molecule has 0 bridgehead atoms. The number of alkyl halides is 3. The van der Waals surface area contributed by atoms with Gasteiger partial charge in [0.1, 0.15) is 5.75 Å². The van der Waals surface area contributed by atoms with Crippen LogP contribution < -0.4 is 15.4 Å². The van der Waals surface area contributed by atoms with Gasteiger partial charge >= 0.3 is 6.18 Å². The minimum Gasteiger partial charge on any atom is -0.497 e. The average Bonchev–Trinajstić information content (AvgIpc) is 3.00. The zero-order valence-corrected chi connectivity index (χ0v) is 12.9. The maximum atomic E-state index is 13.1. The Balaban J connectivity index is 2.04. The Labute approximate surface area is 132 Å². The van der Waals surface area contributed by atoms with Crippen molar-refractivity contribution in [2.75, 3.05) is 20.8 Å². The van der Waals surface area contributed by atoms with Gasteiger partial charge in [-0.3, -0.25) is 4.79 Å². The predicted molar refractivity (Wildman–Crippen MR) is 77.0 cm³/mol. The summed E-state index contributed by atoms with van der Waals surface area (Å²) in [5.74, 6) is -0.221. The van der Waals surface area contributed by atoms with Crippen LogP contribution in [-0.4, -0.2) is 38.8 Å². The van der Waals surface area contributed by atoms with Crippen molar-refractivity contribution in [3.63, 3.8) is 0 Å². The Kier molecular flexibility index (Phi) is 5.48.